The largest absolute Gasteiger partial charge is 0.325 e. The van der Waals surface area contributed by atoms with Crippen LogP contribution in [0.5, 0.6) is 0 Å². The Kier molecular flexibility index (Phi) is 2.42. The summed E-state index contributed by atoms with van der Waals surface area (Å²) in [6, 6.07) is 5.81. The molecule has 0 aliphatic carbocycles. The number of imidazole rings is 1. The maximum Gasteiger partial charge on any atom is 0.159 e. The summed E-state index contributed by atoms with van der Waals surface area (Å²) in [7, 11) is 0. The number of rotatable bonds is 2. The van der Waals surface area contributed by atoms with Gasteiger partial charge in [0.2, 0.25) is 0 Å². The monoisotopic (exact) mass is 230 g/mol. The Hall–Kier alpha value is -1.72. The van der Waals surface area contributed by atoms with Crippen molar-refractivity contribution in [3.8, 4) is 11.5 Å². The van der Waals surface area contributed by atoms with Crippen LogP contribution in [-0.2, 0) is 19.6 Å². The van der Waals surface area contributed by atoms with E-state index >= 15 is 0 Å². The molecule has 5 heteroatoms. The molecule has 0 aromatic carbocycles. The van der Waals surface area contributed by atoms with Gasteiger partial charge in [-0.3, -0.25) is 4.98 Å². The highest BCUT2D eigenvalue weighted by atomic mass is 16.5. The van der Waals surface area contributed by atoms with Gasteiger partial charge in [-0.05, 0) is 19.1 Å². The van der Waals surface area contributed by atoms with E-state index in [1.54, 1.807) is 6.20 Å². The van der Waals surface area contributed by atoms with Crippen molar-refractivity contribution in [3.05, 3.63) is 35.8 Å². The molecule has 1 N–H and O–H groups in total. The fraction of sp³-hybridized carbons (Fsp3) is 0.333. The highest BCUT2D eigenvalue weighted by molar-refractivity contribution is 5.52. The maximum atomic E-state index is 9.49. The molecule has 0 saturated heterocycles. The van der Waals surface area contributed by atoms with Crippen molar-refractivity contribution in [3.63, 3.8) is 0 Å². The molecule has 3 heterocycles. The Morgan fingerprint density at radius 3 is 2.94 bits per heavy atom. The van der Waals surface area contributed by atoms with E-state index in [0.29, 0.717) is 13.1 Å². The highest BCUT2D eigenvalue weighted by Gasteiger charge is 2.26. The molecule has 17 heavy (non-hydrogen) atoms. The first-order valence-electron chi connectivity index (χ1n) is 5.73. The molecule has 0 unspecified atom stereocenters. The fourth-order valence-electron chi connectivity index (χ4n) is 2.27. The van der Waals surface area contributed by atoms with Crippen molar-refractivity contribution in [2.24, 2.45) is 0 Å². The van der Waals surface area contributed by atoms with Gasteiger partial charge in [-0.15, -0.1) is 0 Å². The van der Waals surface area contributed by atoms with Gasteiger partial charge in [0.05, 0.1) is 24.5 Å². The number of hydroxylamine groups is 2. The molecule has 0 saturated carbocycles. The second-order valence-corrected chi connectivity index (χ2v) is 4.11. The molecule has 2 aromatic rings. The molecular weight excluding hydrogens is 216 g/mol. The van der Waals surface area contributed by atoms with Gasteiger partial charge in [0, 0.05) is 12.7 Å². The lowest BCUT2D eigenvalue weighted by atomic mass is 10.3. The third-order valence-electron chi connectivity index (χ3n) is 3.03. The van der Waals surface area contributed by atoms with Crippen molar-refractivity contribution in [2.75, 3.05) is 0 Å². The Bertz CT molecular complexity index is 535. The highest BCUT2D eigenvalue weighted by Crippen LogP contribution is 2.26. The van der Waals surface area contributed by atoms with E-state index in [9.17, 15) is 5.21 Å². The van der Waals surface area contributed by atoms with Crippen LogP contribution < -0.4 is 0 Å². The smallest absolute Gasteiger partial charge is 0.159 e. The van der Waals surface area contributed by atoms with Crippen LogP contribution >= 0.6 is 0 Å². The van der Waals surface area contributed by atoms with Crippen LogP contribution in [0.1, 0.15) is 18.3 Å². The Morgan fingerprint density at radius 2 is 2.24 bits per heavy atom. The first-order valence-corrected chi connectivity index (χ1v) is 5.73. The Labute approximate surface area is 99.3 Å². The van der Waals surface area contributed by atoms with Crippen LogP contribution in [0.25, 0.3) is 11.5 Å². The van der Waals surface area contributed by atoms with E-state index < -0.39 is 0 Å². The number of hydrogen-bond acceptors (Lipinski definition) is 4. The van der Waals surface area contributed by atoms with Gasteiger partial charge in [-0.1, -0.05) is 6.07 Å². The van der Waals surface area contributed by atoms with Gasteiger partial charge in [0.1, 0.15) is 5.69 Å². The molecule has 1 aliphatic rings. The number of nitrogens with zero attached hydrogens (tertiary/aromatic N) is 4. The molecule has 5 nitrogen and oxygen atoms in total. The number of pyridine rings is 1. The summed E-state index contributed by atoms with van der Waals surface area (Å²) < 4.78 is 2.12. The van der Waals surface area contributed by atoms with E-state index in [-0.39, 0.29) is 0 Å². The minimum atomic E-state index is 0.502. The predicted molar refractivity (Wildman–Crippen MR) is 62.2 cm³/mol. The molecule has 0 radical (unpaired) electrons. The minimum absolute atomic E-state index is 0.502. The summed E-state index contributed by atoms with van der Waals surface area (Å²) in [6.45, 7) is 3.96. The zero-order valence-corrected chi connectivity index (χ0v) is 9.67. The number of hydrogen-bond donors (Lipinski definition) is 1. The standard InChI is InChI=1S/C12H14N4O/c1-2-16-11-8-15(17)7-10(11)14-12(16)9-5-3-4-6-13-9/h3-6,17H,2,7-8H2,1H3. The molecule has 0 spiro atoms. The summed E-state index contributed by atoms with van der Waals surface area (Å²) in [4.78, 5) is 8.91. The van der Waals surface area contributed by atoms with Crippen molar-refractivity contribution in [1.82, 2.24) is 19.6 Å². The molecule has 3 rings (SSSR count). The van der Waals surface area contributed by atoms with Gasteiger partial charge in [0.15, 0.2) is 5.82 Å². The first-order chi connectivity index (χ1) is 8.29. The maximum absolute atomic E-state index is 9.49. The van der Waals surface area contributed by atoms with E-state index in [1.165, 1.54) is 5.06 Å². The van der Waals surface area contributed by atoms with Crippen LogP contribution in [0, 0.1) is 0 Å². The van der Waals surface area contributed by atoms with Crippen molar-refractivity contribution in [1.29, 1.82) is 0 Å². The van der Waals surface area contributed by atoms with Crippen LogP contribution in [0.3, 0.4) is 0 Å². The zero-order valence-electron chi connectivity index (χ0n) is 9.67. The van der Waals surface area contributed by atoms with Gasteiger partial charge in [-0.2, -0.15) is 5.06 Å². The van der Waals surface area contributed by atoms with Crippen LogP contribution in [0.4, 0.5) is 0 Å². The molecule has 0 bridgehead atoms. The lowest BCUT2D eigenvalue weighted by molar-refractivity contribution is -0.0985. The average Bonchev–Trinajstić information content (AvgIpc) is 2.85. The summed E-state index contributed by atoms with van der Waals surface area (Å²) in [5, 5.41) is 10.8. The normalized spacial score (nSPS) is 15.2. The summed E-state index contributed by atoms with van der Waals surface area (Å²) in [5.41, 5.74) is 2.93. The number of fused-ring (bicyclic) bond motifs is 1. The predicted octanol–water partition coefficient (Wildman–Crippen LogP) is 1.67. The molecular formula is C12H14N4O. The number of aromatic nitrogens is 3. The lowest BCUT2D eigenvalue weighted by Gasteiger charge is -2.09. The topological polar surface area (TPSA) is 54.2 Å². The van der Waals surface area contributed by atoms with E-state index in [2.05, 4.69) is 21.5 Å². The van der Waals surface area contributed by atoms with Crippen LogP contribution in [0.2, 0.25) is 0 Å². The third-order valence-corrected chi connectivity index (χ3v) is 3.03. The average molecular weight is 230 g/mol. The Morgan fingerprint density at radius 1 is 1.35 bits per heavy atom. The SMILES string of the molecule is CCn1c(-c2ccccn2)nc2c1CN(O)C2. The Balaban J connectivity index is 2.11. The van der Waals surface area contributed by atoms with E-state index in [0.717, 1.165) is 29.5 Å². The van der Waals surface area contributed by atoms with Gasteiger partial charge >= 0.3 is 0 Å². The summed E-state index contributed by atoms with van der Waals surface area (Å²) >= 11 is 0. The van der Waals surface area contributed by atoms with Gasteiger partial charge < -0.3 is 9.77 Å². The summed E-state index contributed by atoms with van der Waals surface area (Å²) in [5.74, 6) is 0.895. The molecule has 2 aromatic heterocycles. The van der Waals surface area contributed by atoms with E-state index in [1.807, 2.05) is 18.2 Å². The molecule has 0 atom stereocenters. The van der Waals surface area contributed by atoms with Gasteiger partial charge in [-0.25, -0.2) is 4.98 Å². The van der Waals surface area contributed by atoms with Crippen LogP contribution in [-0.4, -0.2) is 24.8 Å². The molecule has 1 aliphatic heterocycles. The minimum Gasteiger partial charge on any atom is -0.325 e. The fourth-order valence-corrected chi connectivity index (χ4v) is 2.27. The summed E-state index contributed by atoms with van der Waals surface area (Å²) in [6.07, 6.45) is 1.77. The van der Waals surface area contributed by atoms with Crippen molar-refractivity contribution < 1.29 is 5.21 Å². The first kappa shape index (κ1) is 10.4. The van der Waals surface area contributed by atoms with Crippen molar-refractivity contribution in [2.45, 2.75) is 26.6 Å². The van der Waals surface area contributed by atoms with Crippen molar-refractivity contribution >= 4 is 0 Å². The zero-order chi connectivity index (χ0) is 11.8. The van der Waals surface area contributed by atoms with Crippen LogP contribution in [0.15, 0.2) is 24.4 Å². The van der Waals surface area contributed by atoms with Gasteiger partial charge in [0.25, 0.3) is 0 Å². The van der Waals surface area contributed by atoms with E-state index in [4.69, 9.17) is 0 Å². The quantitative estimate of drug-likeness (QED) is 0.852. The molecule has 88 valence electrons. The second kappa shape index (κ2) is 3.94. The molecule has 0 fully saturated rings. The lowest BCUT2D eigenvalue weighted by Crippen LogP contribution is -2.13. The second-order valence-electron chi connectivity index (χ2n) is 4.11. The molecule has 0 amide bonds. The third kappa shape index (κ3) is 1.64.